The monoisotopic (exact) mass is 311 g/mol. The summed E-state index contributed by atoms with van der Waals surface area (Å²) in [5, 5.41) is 11.5. The van der Waals surface area contributed by atoms with Gasteiger partial charge in [0.05, 0.1) is 15.6 Å². The first-order valence-electron chi connectivity index (χ1n) is 6.18. The second-order valence-electron chi connectivity index (χ2n) is 4.47. The molecule has 1 heterocycles. The van der Waals surface area contributed by atoms with Crippen LogP contribution in [0.4, 0.5) is 0 Å². The third-order valence-corrected chi connectivity index (χ3v) is 4.57. The van der Waals surface area contributed by atoms with E-state index in [1.165, 1.54) is 12.1 Å². The minimum atomic E-state index is -3.60. The van der Waals surface area contributed by atoms with Gasteiger partial charge in [-0.2, -0.15) is 0 Å². The van der Waals surface area contributed by atoms with Crippen molar-refractivity contribution < 1.29 is 8.42 Å². The first kappa shape index (κ1) is 15.1. The van der Waals surface area contributed by atoms with Crippen LogP contribution < -0.4 is 10.5 Å². The number of sulfonamides is 1. The molecule has 0 amide bonds. The van der Waals surface area contributed by atoms with E-state index < -0.39 is 10.0 Å². The molecule has 5 nitrogen and oxygen atoms in total. The average molecular weight is 311 g/mol. The topological polar surface area (TPSA) is 85.1 Å². The number of nitrogens with two attached hydrogens (primary N) is 1. The standard InChI is InChI=1S/C13H17N3O2S2/c1-10-16-12(9-19-10)8-15-7-6-11-2-4-13(5-3-11)20(14,17)18/h2-5,9,15H,6-8H2,1H3,(H2,14,17,18). The highest BCUT2D eigenvalue weighted by Gasteiger charge is 2.06. The Morgan fingerprint density at radius 3 is 2.55 bits per heavy atom. The summed E-state index contributed by atoms with van der Waals surface area (Å²) in [6.07, 6.45) is 0.827. The lowest BCUT2D eigenvalue weighted by molar-refractivity contribution is 0.597. The molecule has 0 spiro atoms. The van der Waals surface area contributed by atoms with Gasteiger partial charge in [-0.05, 0) is 37.6 Å². The van der Waals surface area contributed by atoms with E-state index in [9.17, 15) is 8.42 Å². The van der Waals surface area contributed by atoms with Crippen LogP contribution in [0.2, 0.25) is 0 Å². The second kappa shape index (κ2) is 6.45. The molecule has 0 fully saturated rings. The van der Waals surface area contributed by atoms with E-state index in [0.717, 1.165) is 35.8 Å². The summed E-state index contributed by atoms with van der Waals surface area (Å²) in [6.45, 7) is 3.55. The maximum absolute atomic E-state index is 11.1. The van der Waals surface area contributed by atoms with Gasteiger partial charge in [0, 0.05) is 11.9 Å². The van der Waals surface area contributed by atoms with Crippen molar-refractivity contribution in [2.24, 2.45) is 5.14 Å². The van der Waals surface area contributed by atoms with Gasteiger partial charge in [0.15, 0.2) is 0 Å². The van der Waals surface area contributed by atoms with E-state index in [1.54, 1.807) is 23.5 Å². The molecule has 0 saturated heterocycles. The Balaban J connectivity index is 1.80. The molecule has 1 aromatic carbocycles. The number of hydrogen-bond acceptors (Lipinski definition) is 5. The normalized spacial score (nSPS) is 11.7. The zero-order valence-corrected chi connectivity index (χ0v) is 12.8. The van der Waals surface area contributed by atoms with E-state index in [4.69, 9.17) is 5.14 Å². The van der Waals surface area contributed by atoms with Gasteiger partial charge in [-0.15, -0.1) is 11.3 Å². The summed E-state index contributed by atoms with van der Waals surface area (Å²) in [6, 6.07) is 6.64. The van der Waals surface area contributed by atoms with Crippen molar-refractivity contribution in [3.63, 3.8) is 0 Å². The maximum atomic E-state index is 11.1. The van der Waals surface area contributed by atoms with Crippen molar-refractivity contribution in [1.29, 1.82) is 0 Å². The number of aryl methyl sites for hydroxylation is 1. The summed E-state index contributed by atoms with van der Waals surface area (Å²) in [7, 11) is -3.60. The minimum Gasteiger partial charge on any atom is -0.311 e. The Kier molecular flexibility index (Phi) is 4.87. The fraction of sp³-hybridized carbons (Fsp3) is 0.308. The van der Waals surface area contributed by atoms with E-state index in [2.05, 4.69) is 10.3 Å². The quantitative estimate of drug-likeness (QED) is 0.790. The SMILES string of the molecule is Cc1nc(CNCCc2ccc(S(N)(=O)=O)cc2)cs1. The molecular formula is C13H17N3O2S2. The molecule has 0 aliphatic rings. The van der Waals surface area contributed by atoms with Gasteiger partial charge in [0.2, 0.25) is 10.0 Å². The molecule has 1 aromatic heterocycles. The number of hydrogen-bond donors (Lipinski definition) is 2. The van der Waals surface area contributed by atoms with E-state index in [1.807, 2.05) is 12.3 Å². The molecule has 0 unspecified atom stereocenters. The van der Waals surface area contributed by atoms with Crippen LogP contribution >= 0.6 is 11.3 Å². The predicted molar refractivity (Wildman–Crippen MR) is 80.1 cm³/mol. The molecule has 0 aliphatic heterocycles. The first-order chi connectivity index (χ1) is 9.45. The highest BCUT2D eigenvalue weighted by molar-refractivity contribution is 7.89. The summed E-state index contributed by atoms with van der Waals surface area (Å²) < 4.78 is 22.2. The highest BCUT2D eigenvalue weighted by atomic mass is 32.2. The van der Waals surface area contributed by atoms with Crippen molar-refractivity contribution in [2.75, 3.05) is 6.54 Å². The van der Waals surface area contributed by atoms with Crippen LogP contribution in [0.25, 0.3) is 0 Å². The molecule has 3 N–H and O–H groups in total. The van der Waals surface area contributed by atoms with Gasteiger partial charge in [0.25, 0.3) is 0 Å². The van der Waals surface area contributed by atoms with Crippen LogP contribution in [0.5, 0.6) is 0 Å². The van der Waals surface area contributed by atoms with Gasteiger partial charge < -0.3 is 5.32 Å². The van der Waals surface area contributed by atoms with E-state index in [-0.39, 0.29) is 4.90 Å². The van der Waals surface area contributed by atoms with Crippen molar-refractivity contribution >= 4 is 21.4 Å². The molecule has 0 atom stereocenters. The lowest BCUT2D eigenvalue weighted by Crippen LogP contribution is -2.17. The predicted octanol–water partition coefficient (Wildman–Crippen LogP) is 1.43. The number of primary sulfonamides is 1. The van der Waals surface area contributed by atoms with Crippen LogP contribution in [0.15, 0.2) is 34.5 Å². The number of nitrogens with one attached hydrogen (secondary N) is 1. The van der Waals surface area contributed by atoms with Gasteiger partial charge in [-0.1, -0.05) is 12.1 Å². The van der Waals surface area contributed by atoms with Gasteiger partial charge >= 0.3 is 0 Å². The van der Waals surface area contributed by atoms with Gasteiger partial charge in [-0.25, -0.2) is 18.5 Å². The van der Waals surface area contributed by atoms with Crippen LogP contribution in [-0.4, -0.2) is 19.9 Å². The molecular weight excluding hydrogens is 294 g/mol. The van der Waals surface area contributed by atoms with Gasteiger partial charge in [-0.3, -0.25) is 0 Å². The Labute approximate surface area is 122 Å². The molecule has 0 radical (unpaired) electrons. The number of rotatable bonds is 6. The summed E-state index contributed by atoms with van der Waals surface area (Å²) in [5.74, 6) is 0. The van der Waals surface area contributed by atoms with Crippen molar-refractivity contribution in [2.45, 2.75) is 24.8 Å². The Bertz CT molecular complexity index is 663. The zero-order chi connectivity index (χ0) is 14.6. The zero-order valence-electron chi connectivity index (χ0n) is 11.2. The number of benzene rings is 1. The third-order valence-electron chi connectivity index (χ3n) is 2.82. The third kappa shape index (κ3) is 4.38. The highest BCUT2D eigenvalue weighted by Crippen LogP contribution is 2.09. The fourth-order valence-electron chi connectivity index (χ4n) is 1.78. The number of thiazole rings is 1. The number of nitrogens with zero attached hydrogens (tertiary/aromatic N) is 1. The summed E-state index contributed by atoms with van der Waals surface area (Å²) in [5.41, 5.74) is 2.12. The lowest BCUT2D eigenvalue weighted by Gasteiger charge is -2.04. The smallest absolute Gasteiger partial charge is 0.238 e. The van der Waals surface area contributed by atoms with Crippen molar-refractivity contribution in [3.05, 3.63) is 45.9 Å². The van der Waals surface area contributed by atoms with Crippen LogP contribution in [0, 0.1) is 6.92 Å². The molecule has 108 valence electrons. The average Bonchev–Trinajstić information content (AvgIpc) is 2.80. The molecule has 2 rings (SSSR count). The lowest BCUT2D eigenvalue weighted by atomic mass is 10.1. The summed E-state index contributed by atoms with van der Waals surface area (Å²) in [4.78, 5) is 4.51. The molecule has 0 aliphatic carbocycles. The van der Waals surface area contributed by atoms with Crippen molar-refractivity contribution in [3.8, 4) is 0 Å². The van der Waals surface area contributed by atoms with Crippen molar-refractivity contribution in [1.82, 2.24) is 10.3 Å². The maximum Gasteiger partial charge on any atom is 0.238 e. The largest absolute Gasteiger partial charge is 0.311 e. The molecule has 0 bridgehead atoms. The first-order valence-corrected chi connectivity index (χ1v) is 8.61. The van der Waals surface area contributed by atoms with Crippen LogP contribution in [0.1, 0.15) is 16.3 Å². The Morgan fingerprint density at radius 2 is 2.00 bits per heavy atom. The Morgan fingerprint density at radius 1 is 1.30 bits per heavy atom. The molecule has 2 aromatic rings. The Hall–Kier alpha value is -1.28. The molecule has 20 heavy (non-hydrogen) atoms. The minimum absolute atomic E-state index is 0.146. The fourth-order valence-corrected chi connectivity index (χ4v) is 2.91. The van der Waals surface area contributed by atoms with Gasteiger partial charge in [0.1, 0.15) is 0 Å². The molecule has 0 saturated carbocycles. The van der Waals surface area contributed by atoms with E-state index in [0.29, 0.717) is 0 Å². The molecule has 7 heteroatoms. The van der Waals surface area contributed by atoms with Crippen LogP contribution in [0.3, 0.4) is 0 Å². The number of aromatic nitrogens is 1. The van der Waals surface area contributed by atoms with E-state index >= 15 is 0 Å². The van der Waals surface area contributed by atoms with Crippen LogP contribution in [-0.2, 0) is 23.0 Å². The summed E-state index contributed by atoms with van der Waals surface area (Å²) >= 11 is 1.64. The second-order valence-corrected chi connectivity index (χ2v) is 7.10.